The number of hydrogen-bond donors (Lipinski definition) is 0. The van der Waals surface area contributed by atoms with Crippen LogP contribution in [0, 0.1) is 0 Å². The van der Waals surface area contributed by atoms with E-state index in [2.05, 4.69) is 124 Å². The second-order valence-corrected chi connectivity index (χ2v) is 12.2. The van der Waals surface area contributed by atoms with Gasteiger partial charge in [-0.3, -0.25) is 0 Å². The van der Waals surface area contributed by atoms with Crippen molar-refractivity contribution in [2.45, 2.75) is 65.7 Å². The summed E-state index contributed by atoms with van der Waals surface area (Å²) in [4.78, 5) is 0. The second-order valence-electron chi connectivity index (χ2n) is 12.2. The molecule has 6 rings (SSSR count). The Morgan fingerprint density at radius 3 is 1.41 bits per heavy atom. The quantitative estimate of drug-likeness (QED) is 0.108. The number of fused-ring (bicyclic) bond motifs is 3. The van der Waals surface area contributed by atoms with Crippen molar-refractivity contribution in [1.82, 2.24) is 0 Å². The first-order chi connectivity index (χ1) is 22.7. The largest absolute Gasteiger partial charge is 0.494 e. The zero-order valence-electron chi connectivity index (χ0n) is 27.6. The third-order valence-corrected chi connectivity index (χ3v) is 8.86. The maximum Gasteiger partial charge on any atom is 0.119 e. The molecule has 0 radical (unpaired) electrons. The molecule has 3 heteroatoms. The van der Waals surface area contributed by atoms with Crippen LogP contribution in [0.1, 0.15) is 70.4 Å². The van der Waals surface area contributed by atoms with Gasteiger partial charge in [0.25, 0.3) is 0 Å². The summed E-state index contributed by atoms with van der Waals surface area (Å²) in [6.45, 7) is 8.79. The van der Waals surface area contributed by atoms with E-state index in [0.29, 0.717) is 0 Å². The first-order valence-electron chi connectivity index (χ1n) is 17.2. The number of unbranched alkanes of at least 4 members (excludes halogenated alkanes) is 3. The summed E-state index contributed by atoms with van der Waals surface area (Å²) in [5.41, 5.74) is 12.7. The van der Waals surface area contributed by atoms with Gasteiger partial charge in [0.1, 0.15) is 17.2 Å². The molecular formula is C43H46O3. The van der Waals surface area contributed by atoms with Crippen molar-refractivity contribution in [2.24, 2.45) is 0 Å². The molecule has 5 aromatic carbocycles. The number of rotatable bonds is 15. The van der Waals surface area contributed by atoms with Crippen LogP contribution in [0.2, 0.25) is 0 Å². The molecule has 0 N–H and O–H groups in total. The van der Waals surface area contributed by atoms with Crippen LogP contribution in [-0.2, 0) is 6.42 Å². The Labute approximate surface area is 275 Å². The van der Waals surface area contributed by atoms with E-state index in [-0.39, 0.29) is 0 Å². The molecule has 0 aromatic heterocycles. The van der Waals surface area contributed by atoms with Crippen LogP contribution in [-0.4, -0.2) is 19.8 Å². The Hall–Kier alpha value is -4.50. The topological polar surface area (TPSA) is 27.7 Å². The van der Waals surface area contributed by atoms with Gasteiger partial charge in [0.2, 0.25) is 0 Å². The molecule has 5 aromatic rings. The highest BCUT2D eigenvalue weighted by molar-refractivity contribution is 6.01. The summed E-state index contributed by atoms with van der Waals surface area (Å²) in [5.74, 6) is 2.75. The molecule has 0 saturated heterocycles. The Balaban J connectivity index is 1.52. The van der Waals surface area contributed by atoms with Crippen molar-refractivity contribution >= 4 is 0 Å². The summed E-state index contributed by atoms with van der Waals surface area (Å²) in [6, 6.07) is 37.3. The standard InChI is InChI=1S/C43H46O3/c1-4-7-26-44-35-20-14-31(15-21-35)39-30-40-38-13-11-10-12-34(38)29-41(40)43(33-18-24-37(25-19-33)46-28-9-6-3)42(39)32-16-22-36(23-17-32)45-27-8-5-2/h10-25,30H,4-9,26-29H2,1-3H3. The summed E-state index contributed by atoms with van der Waals surface area (Å²) < 4.78 is 18.2. The SMILES string of the molecule is CCCCOc1ccc(-c2cc3c(c(-c4ccc(OCCCC)cc4)c2-c2ccc(OCCCC)cc2)Cc2ccccc2-3)cc1. The van der Waals surface area contributed by atoms with Gasteiger partial charge >= 0.3 is 0 Å². The molecule has 0 amide bonds. The molecule has 0 spiro atoms. The van der Waals surface area contributed by atoms with Crippen molar-refractivity contribution < 1.29 is 14.2 Å². The van der Waals surface area contributed by atoms with Crippen molar-refractivity contribution in [2.75, 3.05) is 19.8 Å². The summed E-state index contributed by atoms with van der Waals surface area (Å²) >= 11 is 0. The Kier molecular flexibility index (Phi) is 10.4. The molecule has 0 heterocycles. The van der Waals surface area contributed by atoms with E-state index in [9.17, 15) is 0 Å². The van der Waals surface area contributed by atoms with E-state index in [4.69, 9.17) is 14.2 Å². The molecule has 0 atom stereocenters. The number of ether oxygens (including phenoxy) is 3. The van der Waals surface area contributed by atoms with E-state index < -0.39 is 0 Å². The highest BCUT2D eigenvalue weighted by atomic mass is 16.5. The van der Waals surface area contributed by atoms with Gasteiger partial charge in [-0.05, 0) is 124 Å². The fraction of sp³-hybridized carbons (Fsp3) is 0.302. The maximum atomic E-state index is 6.06. The third kappa shape index (κ3) is 6.99. The lowest BCUT2D eigenvalue weighted by atomic mass is 9.82. The first kappa shape index (κ1) is 31.5. The maximum absolute atomic E-state index is 6.06. The highest BCUT2D eigenvalue weighted by Gasteiger charge is 2.27. The minimum atomic E-state index is 0.739. The molecule has 3 nitrogen and oxygen atoms in total. The van der Waals surface area contributed by atoms with Gasteiger partial charge in [-0.2, -0.15) is 0 Å². The Morgan fingerprint density at radius 2 is 0.913 bits per heavy atom. The van der Waals surface area contributed by atoms with E-state index in [1.54, 1.807) is 0 Å². The molecule has 0 unspecified atom stereocenters. The summed E-state index contributed by atoms with van der Waals surface area (Å²) in [6.07, 6.45) is 7.43. The van der Waals surface area contributed by atoms with Crippen LogP contribution >= 0.6 is 0 Å². The van der Waals surface area contributed by atoms with Crippen molar-refractivity contribution in [3.05, 3.63) is 114 Å². The monoisotopic (exact) mass is 610 g/mol. The second kappa shape index (κ2) is 15.2. The van der Waals surface area contributed by atoms with Crippen LogP contribution in [0.5, 0.6) is 17.2 Å². The smallest absolute Gasteiger partial charge is 0.119 e. The van der Waals surface area contributed by atoms with E-state index >= 15 is 0 Å². The number of benzene rings is 5. The van der Waals surface area contributed by atoms with Crippen LogP contribution in [0.3, 0.4) is 0 Å². The van der Waals surface area contributed by atoms with Crippen molar-refractivity contribution in [3.8, 4) is 61.8 Å². The third-order valence-electron chi connectivity index (χ3n) is 8.86. The lowest BCUT2D eigenvalue weighted by Crippen LogP contribution is -1.99. The van der Waals surface area contributed by atoms with Gasteiger partial charge in [0.15, 0.2) is 0 Å². The van der Waals surface area contributed by atoms with Crippen molar-refractivity contribution in [1.29, 1.82) is 0 Å². The highest BCUT2D eigenvalue weighted by Crippen LogP contribution is 2.50. The van der Waals surface area contributed by atoms with E-state index in [1.807, 2.05) is 0 Å². The average Bonchev–Trinajstić information content (AvgIpc) is 3.47. The van der Waals surface area contributed by atoms with E-state index in [0.717, 1.165) is 82.0 Å². The molecule has 1 aliphatic rings. The van der Waals surface area contributed by atoms with Gasteiger partial charge in [0.05, 0.1) is 19.8 Å². The lowest BCUT2D eigenvalue weighted by molar-refractivity contribution is 0.309. The normalized spacial score (nSPS) is 11.6. The van der Waals surface area contributed by atoms with Crippen LogP contribution in [0.15, 0.2) is 103 Å². The van der Waals surface area contributed by atoms with Gasteiger partial charge in [0, 0.05) is 0 Å². The van der Waals surface area contributed by atoms with Gasteiger partial charge in [-0.25, -0.2) is 0 Å². The molecule has 1 aliphatic carbocycles. The van der Waals surface area contributed by atoms with Gasteiger partial charge in [-0.1, -0.05) is 101 Å². The minimum absolute atomic E-state index is 0.739. The molecule has 236 valence electrons. The first-order valence-corrected chi connectivity index (χ1v) is 17.2. The summed E-state index contributed by atoms with van der Waals surface area (Å²) in [5, 5.41) is 0. The van der Waals surface area contributed by atoms with Crippen LogP contribution in [0.4, 0.5) is 0 Å². The molecular weight excluding hydrogens is 564 g/mol. The Bertz CT molecular complexity index is 1720. The van der Waals surface area contributed by atoms with Crippen LogP contribution in [0.25, 0.3) is 44.5 Å². The van der Waals surface area contributed by atoms with Crippen LogP contribution < -0.4 is 14.2 Å². The predicted molar refractivity (Wildman–Crippen MR) is 192 cm³/mol. The predicted octanol–water partition coefficient (Wildman–Crippen LogP) is 11.8. The minimum Gasteiger partial charge on any atom is -0.494 e. The van der Waals surface area contributed by atoms with Gasteiger partial charge < -0.3 is 14.2 Å². The zero-order chi connectivity index (χ0) is 31.7. The number of hydrogen-bond acceptors (Lipinski definition) is 3. The summed E-state index contributed by atoms with van der Waals surface area (Å²) in [7, 11) is 0. The molecule has 0 saturated carbocycles. The van der Waals surface area contributed by atoms with Crippen molar-refractivity contribution in [3.63, 3.8) is 0 Å². The average molecular weight is 611 g/mol. The lowest BCUT2D eigenvalue weighted by Gasteiger charge is -2.22. The molecule has 0 aliphatic heterocycles. The van der Waals surface area contributed by atoms with Gasteiger partial charge in [-0.15, -0.1) is 0 Å². The molecule has 0 bridgehead atoms. The van der Waals surface area contributed by atoms with E-state index in [1.165, 1.54) is 55.6 Å². The molecule has 0 fully saturated rings. The fourth-order valence-corrected chi connectivity index (χ4v) is 6.29. The molecule has 46 heavy (non-hydrogen) atoms. The Morgan fingerprint density at radius 1 is 0.457 bits per heavy atom. The fourth-order valence-electron chi connectivity index (χ4n) is 6.29. The zero-order valence-corrected chi connectivity index (χ0v) is 27.6.